The van der Waals surface area contributed by atoms with Crippen molar-refractivity contribution in [3.05, 3.63) is 11.6 Å². The maximum atomic E-state index is 3.71. The molecule has 0 aromatic rings. The summed E-state index contributed by atoms with van der Waals surface area (Å²) in [6.07, 6.45) is 10.4. The van der Waals surface area contributed by atoms with E-state index < -0.39 is 0 Å². The van der Waals surface area contributed by atoms with Crippen molar-refractivity contribution >= 4 is 0 Å². The second kappa shape index (κ2) is 6.01. The number of nitrogens with zero attached hydrogens (tertiary/aromatic N) is 1. The minimum Gasteiger partial charge on any atom is -0.310 e. The van der Waals surface area contributed by atoms with E-state index in [9.17, 15) is 0 Å². The maximum absolute atomic E-state index is 3.71. The normalized spacial score (nSPS) is 31.3. The third kappa shape index (κ3) is 3.82. The monoisotopic (exact) mass is 236 g/mol. The van der Waals surface area contributed by atoms with Gasteiger partial charge in [-0.25, -0.2) is 0 Å². The lowest BCUT2D eigenvalue weighted by molar-refractivity contribution is 0.217. The van der Waals surface area contributed by atoms with Crippen LogP contribution in [-0.2, 0) is 0 Å². The first-order valence-electron chi connectivity index (χ1n) is 7.37. The molecular weight excluding hydrogens is 208 g/mol. The molecule has 2 aliphatic rings. The first-order chi connectivity index (χ1) is 8.22. The zero-order valence-corrected chi connectivity index (χ0v) is 11.6. The van der Waals surface area contributed by atoms with E-state index in [2.05, 4.69) is 30.1 Å². The molecule has 2 nitrogen and oxygen atoms in total. The minimum absolute atomic E-state index is 0.334. The van der Waals surface area contributed by atoms with Crippen LogP contribution in [0.2, 0.25) is 0 Å². The summed E-state index contributed by atoms with van der Waals surface area (Å²) < 4.78 is 0. The predicted octanol–water partition coefficient (Wildman–Crippen LogP) is 2.95. The van der Waals surface area contributed by atoms with Gasteiger partial charge in [-0.1, -0.05) is 18.6 Å². The van der Waals surface area contributed by atoms with E-state index in [-0.39, 0.29) is 0 Å². The van der Waals surface area contributed by atoms with Crippen LogP contribution in [0.3, 0.4) is 0 Å². The molecule has 1 saturated heterocycles. The molecule has 0 aromatic carbocycles. The first-order valence-corrected chi connectivity index (χ1v) is 7.37. The molecule has 1 aliphatic heterocycles. The van der Waals surface area contributed by atoms with Crippen LogP contribution in [0.15, 0.2) is 11.6 Å². The van der Waals surface area contributed by atoms with Gasteiger partial charge in [0.25, 0.3) is 0 Å². The van der Waals surface area contributed by atoms with Gasteiger partial charge in [-0.2, -0.15) is 0 Å². The highest BCUT2D eigenvalue weighted by molar-refractivity contribution is 5.07. The molecule has 0 saturated carbocycles. The quantitative estimate of drug-likeness (QED) is 0.755. The lowest BCUT2D eigenvalue weighted by Crippen LogP contribution is -2.48. The Bertz CT molecular complexity index is 272. The third-order valence-corrected chi connectivity index (χ3v) is 4.44. The molecule has 1 unspecified atom stereocenters. The molecule has 98 valence electrons. The van der Waals surface area contributed by atoms with Crippen LogP contribution in [0.1, 0.15) is 52.4 Å². The fourth-order valence-electron chi connectivity index (χ4n) is 3.02. The fourth-order valence-corrected chi connectivity index (χ4v) is 3.02. The number of rotatable bonds is 4. The molecule has 1 aliphatic carbocycles. The second-order valence-electron chi connectivity index (χ2n) is 5.98. The van der Waals surface area contributed by atoms with Crippen molar-refractivity contribution in [1.29, 1.82) is 0 Å². The standard InChI is InChI=1S/C15H28N2/c1-3-15(2)13-17(11-6-10-16-15)12-9-14-7-4-5-8-14/h7,16H,3-6,8-13H2,1-2H3. The molecule has 1 N–H and O–H groups in total. The Balaban J connectivity index is 1.82. The topological polar surface area (TPSA) is 15.3 Å². The molecule has 2 rings (SSSR count). The van der Waals surface area contributed by atoms with Gasteiger partial charge in [-0.05, 0) is 58.5 Å². The smallest absolute Gasteiger partial charge is 0.0277 e. The maximum Gasteiger partial charge on any atom is 0.0277 e. The zero-order valence-electron chi connectivity index (χ0n) is 11.6. The number of nitrogens with one attached hydrogen (secondary N) is 1. The molecule has 0 radical (unpaired) electrons. The molecule has 0 amide bonds. The van der Waals surface area contributed by atoms with E-state index in [1.165, 1.54) is 64.7 Å². The number of allylic oxidation sites excluding steroid dienone is 1. The fraction of sp³-hybridized carbons (Fsp3) is 0.867. The molecule has 1 heterocycles. The summed E-state index contributed by atoms with van der Waals surface area (Å²) >= 11 is 0. The van der Waals surface area contributed by atoms with Gasteiger partial charge in [-0.15, -0.1) is 0 Å². The van der Waals surface area contributed by atoms with Crippen molar-refractivity contribution in [2.24, 2.45) is 0 Å². The van der Waals surface area contributed by atoms with Gasteiger partial charge >= 0.3 is 0 Å². The Morgan fingerprint density at radius 3 is 3.00 bits per heavy atom. The molecule has 1 atom stereocenters. The van der Waals surface area contributed by atoms with Crippen LogP contribution in [0.4, 0.5) is 0 Å². The highest BCUT2D eigenvalue weighted by atomic mass is 15.2. The highest BCUT2D eigenvalue weighted by Crippen LogP contribution is 2.22. The van der Waals surface area contributed by atoms with E-state index in [0.717, 1.165) is 0 Å². The van der Waals surface area contributed by atoms with Crippen LogP contribution < -0.4 is 5.32 Å². The zero-order chi connectivity index (χ0) is 12.1. The van der Waals surface area contributed by atoms with E-state index in [4.69, 9.17) is 0 Å². The second-order valence-corrected chi connectivity index (χ2v) is 5.98. The Labute approximate surface area is 106 Å². The minimum atomic E-state index is 0.334. The molecular formula is C15H28N2. The molecule has 2 heteroatoms. The number of hydrogen-bond donors (Lipinski definition) is 1. The molecule has 0 aromatic heterocycles. The molecule has 1 fully saturated rings. The van der Waals surface area contributed by atoms with E-state index in [1.807, 2.05) is 0 Å². The summed E-state index contributed by atoms with van der Waals surface area (Å²) in [5, 5.41) is 3.71. The summed E-state index contributed by atoms with van der Waals surface area (Å²) in [6, 6.07) is 0. The van der Waals surface area contributed by atoms with Crippen molar-refractivity contribution in [3.8, 4) is 0 Å². The first kappa shape index (κ1) is 13.1. The van der Waals surface area contributed by atoms with Crippen LogP contribution in [0.5, 0.6) is 0 Å². The van der Waals surface area contributed by atoms with Crippen molar-refractivity contribution in [3.63, 3.8) is 0 Å². The molecule has 0 bridgehead atoms. The third-order valence-electron chi connectivity index (χ3n) is 4.44. The van der Waals surface area contributed by atoms with Crippen molar-refractivity contribution in [2.75, 3.05) is 26.2 Å². The van der Waals surface area contributed by atoms with Gasteiger partial charge in [-0.3, -0.25) is 0 Å². The van der Waals surface area contributed by atoms with E-state index in [0.29, 0.717) is 5.54 Å². The van der Waals surface area contributed by atoms with Crippen molar-refractivity contribution in [1.82, 2.24) is 10.2 Å². The number of hydrogen-bond acceptors (Lipinski definition) is 2. The summed E-state index contributed by atoms with van der Waals surface area (Å²) in [6.45, 7) is 9.62. The van der Waals surface area contributed by atoms with Gasteiger partial charge in [0, 0.05) is 18.6 Å². The SMILES string of the molecule is CCC1(C)CN(CCC2=CCCC2)CCCN1. The average molecular weight is 236 g/mol. The van der Waals surface area contributed by atoms with Crippen LogP contribution in [-0.4, -0.2) is 36.6 Å². The van der Waals surface area contributed by atoms with E-state index in [1.54, 1.807) is 5.57 Å². The Kier molecular flexibility index (Phi) is 4.63. The van der Waals surface area contributed by atoms with Gasteiger partial charge < -0.3 is 10.2 Å². The Morgan fingerprint density at radius 1 is 1.41 bits per heavy atom. The highest BCUT2D eigenvalue weighted by Gasteiger charge is 2.26. The summed E-state index contributed by atoms with van der Waals surface area (Å²) in [5.74, 6) is 0. The van der Waals surface area contributed by atoms with Gasteiger partial charge in [0.05, 0.1) is 0 Å². The summed E-state index contributed by atoms with van der Waals surface area (Å²) in [7, 11) is 0. The van der Waals surface area contributed by atoms with Gasteiger partial charge in [0.1, 0.15) is 0 Å². The van der Waals surface area contributed by atoms with Crippen molar-refractivity contribution < 1.29 is 0 Å². The van der Waals surface area contributed by atoms with Crippen LogP contribution in [0.25, 0.3) is 0 Å². The van der Waals surface area contributed by atoms with Gasteiger partial charge in [0.15, 0.2) is 0 Å². The lowest BCUT2D eigenvalue weighted by atomic mass is 9.98. The van der Waals surface area contributed by atoms with Crippen LogP contribution >= 0.6 is 0 Å². The summed E-state index contributed by atoms with van der Waals surface area (Å²) in [4.78, 5) is 2.67. The predicted molar refractivity (Wildman–Crippen MR) is 74.3 cm³/mol. The summed E-state index contributed by atoms with van der Waals surface area (Å²) in [5.41, 5.74) is 2.04. The van der Waals surface area contributed by atoms with Gasteiger partial charge in [0.2, 0.25) is 0 Å². The largest absolute Gasteiger partial charge is 0.310 e. The van der Waals surface area contributed by atoms with E-state index >= 15 is 0 Å². The lowest BCUT2D eigenvalue weighted by Gasteiger charge is -2.32. The average Bonchev–Trinajstić information content (AvgIpc) is 2.77. The van der Waals surface area contributed by atoms with Crippen LogP contribution in [0, 0.1) is 0 Å². The Morgan fingerprint density at radius 2 is 2.29 bits per heavy atom. The Hall–Kier alpha value is -0.340. The molecule has 17 heavy (non-hydrogen) atoms. The molecule has 0 spiro atoms. The van der Waals surface area contributed by atoms with Crippen molar-refractivity contribution in [2.45, 2.75) is 57.9 Å².